The molecule has 6 heteroatoms. The molecule has 3 aromatic rings. The van der Waals surface area contributed by atoms with Crippen molar-refractivity contribution in [3.05, 3.63) is 84.3 Å². The molecule has 0 aliphatic carbocycles. The molecule has 1 aliphatic heterocycles. The van der Waals surface area contributed by atoms with E-state index in [9.17, 15) is 0 Å². The second kappa shape index (κ2) is 10.8. The molecule has 3 heterocycles. The number of aromatic nitrogens is 2. The largest absolute Gasteiger partial charge is 0.470 e. The van der Waals surface area contributed by atoms with Crippen molar-refractivity contribution in [2.24, 2.45) is 0 Å². The molecule has 6 nitrogen and oxygen atoms in total. The lowest BCUT2D eigenvalue weighted by atomic mass is 10.0. The lowest BCUT2D eigenvalue weighted by molar-refractivity contribution is 0.193. The molecule has 1 aromatic carbocycles. The third kappa shape index (κ3) is 6.30. The van der Waals surface area contributed by atoms with E-state index < -0.39 is 0 Å². The summed E-state index contributed by atoms with van der Waals surface area (Å²) in [5, 5.41) is 15.5. The third-order valence-electron chi connectivity index (χ3n) is 4.53. The number of nitrogens with one attached hydrogen (secondary N) is 2. The Morgan fingerprint density at radius 1 is 1.14 bits per heavy atom. The summed E-state index contributed by atoms with van der Waals surface area (Å²) in [6, 6.07) is 21.6. The highest BCUT2D eigenvalue weighted by Crippen LogP contribution is 2.25. The van der Waals surface area contributed by atoms with Crippen LogP contribution in [0.4, 0.5) is 5.69 Å². The quantitative estimate of drug-likeness (QED) is 0.696. The average Bonchev–Trinajstić information content (AvgIpc) is 2.80. The van der Waals surface area contributed by atoms with Crippen molar-refractivity contribution in [2.45, 2.75) is 18.9 Å². The third-order valence-corrected chi connectivity index (χ3v) is 4.53. The van der Waals surface area contributed by atoms with Gasteiger partial charge in [-0.3, -0.25) is 0 Å². The molecule has 4 rings (SSSR count). The van der Waals surface area contributed by atoms with Gasteiger partial charge in [0.05, 0.1) is 12.2 Å². The summed E-state index contributed by atoms with van der Waals surface area (Å²) < 4.78 is 5.87. The Hall–Kier alpha value is -3.43. The molecular weight excluding hydrogens is 362 g/mol. The zero-order chi connectivity index (χ0) is 20.3. The summed E-state index contributed by atoms with van der Waals surface area (Å²) in [6.45, 7) is 4.46. The molecule has 0 saturated carbocycles. The summed E-state index contributed by atoms with van der Waals surface area (Å²) in [5.74, 6) is 0.979. The van der Waals surface area contributed by atoms with E-state index >= 15 is 0 Å². The average molecular weight is 387 g/mol. The summed E-state index contributed by atoms with van der Waals surface area (Å²) in [5.41, 5.74) is 2.51. The Kier molecular flexibility index (Phi) is 7.55. The van der Waals surface area contributed by atoms with Gasteiger partial charge in [0, 0.05) is 25.5 Å². The highest BCUT2D eigenvalue weighted by atomic mass is 16.5. The van der Waals surface area contributed by atoms with Crippen LogP contribution in [0.15, 0.2) is 73.1 Å². The number of anilines is 1. The predicted octanol–water partition coefficient (Wildman–Crippen LogP) is 3.60. The lowest BCUT2D eigenvalue weighted by Gasteiger charge is -2.26. The van der Waals surface area contributed by atoms with E-state index in [2.05, 4.69) is 27.5 Å². The fourth-order valence-electron chi connectivity index (χ4n) is 2.88. The summed E-state index contributed by atoms with van der Waals surface area (Å²) >= 11 is 0. The van der Waals surface area contributed by atoms with Crippen molar-refractivity contribution in [2.75, 3.05) is 25.0 Å². The Morgan fingerprint density at radius 3 is 2.55 bits per heavy atom. The molecule has 148 valence electrons. The molecule has 29 heavy (non-hydrogen) atoms. The maximum absolute atomic E-state index is 8.77. The van der Waals surface area contributed by atoms with Crippen LogP contribution in [0, 0.1) is 11.3 Å². The first-order chi connectivity index (χ1) is 14.3. The van der Waals surface area contributed by atoms with Crippen molar-refractivity contribution in [3.8, 4) is 11.9 Å². The summed E-state index contributed by atoms with van der Waals surface area (Å²) in [4.78, 5) is 8.34. The molecule has 0 radical (unpaired) electrons. The van der Waals surface area contributed by atoms with Gasteiger partial charge in [0.2, 0.25) is 5.88 Å². The van der Waals surface area contributed by atoms with Crippen LogP contribution in [0.1, 0.15) is 24.1 Å². The van der Waals surface area contributed by atoms with Gasteiger partial charge in [-0.15, -0.1) is 0 Å². The van der Waals surface area contributed by atoms with Crippen LogP contribution in [0.3, 0.4) is 0 Å². The first kappa shape index (κ1) is 20.3. The topological polar surface area (TPSA) is 82.9 Å². The van der Waals surface area contributed by atoms with E-state index in [1.54, 1.807) is 18.5 Å². The fourth-order valence-corrected chi connectivity index (χ4v) is 2.88. The van der Waals surface area contributed by atoms with E-state index in [1.807, 2.05) is 60.7 Å². The Morgan fingerprint density at radius 2 is 1.90 bits per heavy atom. The van der Waals surface area contributed by atoms with Crippen molar-refractivity contribution in [3.63, 3.8) is 0 Å². The van der Waals surface area contributed by atoms with Gasteiger partial charge in [-0.2, -0.15) is 5.26 Å². The highest BCUT2D eigenvalue weighted by molar-refractivity contribution is 5.53. The van der Waals surface area contributed by atoms with E-state index in [1.165, 1.54) is 0 Å². The van der Waals surface area contributed by atoms with Crippen molar-refractivity contribution in [1.82, 2.24) is 15.3 Å². The minimum atomic E-state index is 0.0590. The Bertz CT molecular complexity index is 882. The van der Waals surface area contributed by atoms with E-state index in [4.69, 9.17) is 10.00 Å². The van der Waals surface area contributed by atoms with Gasteiger partial charge in [0.1, 0.15) is 17.9 Å². The fraction of sp³-hybridized carbons (Fsp3) is 0.261. The van der Waals surface area contributed by atoms with Crippen molar-refractivity contribution in [1.29, 1.82) is 5.26 Å². The van der Waals surface area contributed by atoms with Crippen molar-refractivity contribution >= 4 is 5.69 Å². The molecular formula is C23H25N5O. The second-order valence-electron chi connectivity index (χ2n) is 6.78. The summed E-state index contributed by atoms with van der Waals surface area (Å²) in [7, 11) is 0. The number of hydrogen-bond acceptors (Lipinski definition) is 6. The predicted molar refractivity (Wildman–Crippen MR) is 114 cm³/mol. The number of nitrogens with zero attached hydrogens (tertiary/aromatic N) is 3. The maximum atomic E-state index is 8.77. The van der Waals surface area contributed by atoms with Gasteiger partial charge >= 0.3 is 0 Å². The number of hydrogen-bond donors (Lipinski definition) is 2. The number of ether oxygens (including phenoxy) is 1. The van der Waals surface area contributed by atoms with Crippen LogP contribution >= 0.6 is 0 Å². The van der Waals surface area contributed by atoms with Crippen LogP contribution in [0.25, 0.3) is 0 Å². The minimum Gasteiger partial charge on any atom is -0.470 e. The molecule has 0 amide bonds. The molecule has 0 spiro atoms. The zero-order valence-electron chi connectivity index (χ0n) is 16.5. The first-order valence-electron chi connectivity index (χ1n) is 9.68. The van der Waals surface area contributed by atoms with Crippen LogP contribution in [-0.2, 0) is 0 Å². The molecule has 1 aliphatic rings. The minimum absolute atomic E-state index is 0.0590. The molecule has 2 atom stereocenters. The number of fused-ring (bicyclic) bond motifs is 1. The van der Waals surface area contributed by atoms with Gasteiger partial charge in [-0.25, -0.2) is 9.97 Å². The molecule has 0 fully saturated rings. The maximum Gasteiger partial charge on any atom is 0.237 e. The number of benzene rings is 1. The lowest BCUT2D eigenvalue weighted by Crippen LogP contribution is -2.40. The highest BCUT2D eigenvalue weighted by Gasteiger charge is 2.19. The number of rotatable bonds is 5. The Labute approximate surface area is 171 Å². The van der Waals surface area contributed by atoms with Crippen LogP contribution in [0.2, 0.25) is 0 Å². The second-order valence-corrected chi connectivity index (χ2v) is 6.78. The van der Waals surface area contributed by atoms with E-state index in [0.717, 1.165) is 30.9 Å². The van der Waals surface area contributed by atoms with Crippen LogP contribution < -0.4 is 15.4 Å². The van der Waals surface area contributed by atoms with Crippen LogP contribution in [-0.4, -0.2) is 35.7 Å². The Balaban J connectivity index is 0.000000343. The molecule has 0 saturated heterocycles. The number of nitriles is 1. The molecule has 0 bridgehead atoms. The number of pyridine rings is 2. The van der Waals surface area contributed by atoms with Crippen molar-refractivity contribution < 1.29 is 4.74 Å². The van der Waals surface area contributed by atoms with Crippen LogP contribution in [0.5, 0.6) is 5.88 Å². The smallest absolute Gasteiger partial charge is 0.237 e. The monoisotopic (exact) mass is 387 g/mol. The van der Waals surface area contributed by atoms with Gasteiger partial charge in [-0.05, 0) is 29.7 Å². The van der Waals surface area contributed by atoms with Gasteiger partial charge < -0.3 is 15.4 Å². The molecule has 2 N–H and O–H groups in total. The summed E-state index contributed by atoms with van der Waals surface area (Å²) in [6.07, 6.45) is 3.56. The normalized spacial score (nSPS) is 15.4. The van der Waals surface area contributed by atoms with Gasteiger partial charge in [0.15, 0.2) is 0 Å². The zero-order valence-corrected chi connectivity index (χ0v) is 16.5. The SMILES string of the molecule is CC(CNCC1CNc2cccnc2O1)c1ccc(C#N)nc1.c1ccccc1. The van der Waals surface area contributed by atoms with Gasteiger partial charge in [-0.1, -0.05) is 49.4 Å². The van der Waals surface area contributed by atoms with E-state index in [-0.39, 0.29) is 6.10 Å². The molecule has 2 aromatic heterocycles. The molecule has 2 unspecified atom stereocenters. The first-order valence-corrected chi connectivity index (χ1v) is 9.68. The van der Waals surface area contributed by atoms with E-state index in [0.29, 0.717) is 17.5 Å². The van der Waals surface area contributed by atoms with Gasteiger partial charge in [0.25, 0.3) is 0 Å². The standard InChI is InChI=1S/C17H19N5O.C6H6/c1-12(13-4-5-14(7-18)21-9-13)8-19-10-15-11-22-16-3-2-6-20-17(16)23-15;1-2-4-6-5-3-1/h2-6,9,12,15,19,22H,8,10-11H2,1H3;1-6H.